The number of nitriles is 1. The van der Waals surface area contributed by atoms with Gasteiger partial charge in [0.25, 0.3) is 0 Å². The van der Waals surface area contributed by atoms with Crippen molar-refractivity contribution in [2.45, 2.75) is 26.3 Å². The topological polar surface area (TPSA) is 79.9 Å². The van der Waals surface area contributed by atoms with E-state index in [1.165, 1.54) is 0 Å². The quantitative estimate of drug-likeness (QED) is 0.539. The first-order chi connectivity index (χ1) is 9.63. The summed E-state index contributed by atoms with van der Waals surface area (Å²) in [5.74, 6) is 0.135. The molecule has 2 unspecified atom stereocenters. The molecule has 0 aromatic carbocycles. The second-order valence-electron chi connectivity index (χ2n) is 4.92. The number of allylic oxidation sites excluding steroid dienone is 2. The number of nitrogens with zero attached hydrogens (tertiary/aromatic N) is 3. The fourth-order valence-corrected chi connectivity index (χ4v) is 2.33. The molecular formula is C15H23N3O2. The second kappa shape index (κ2) is 8.64. The zero-order valence-electron chi connectivity index (χ0n) is 12.2. The van der Waals surface area contributed by atoms with E-state index in [2.05, 4.69) is 28.1 Å². The lowest BCUT2D eigenvalue weighted by Crippen LogP contribution is -2.38. The highest BCUT2D eigenvalue weighted by Crippen LogP contribution is 2.22. The molecule has 2 N–H and O–H groups in total. The highest BCUT2D eigenvalue weighted by molar-refractivity contribution is 5.87. The highest BCUT2D eigenvalue weighted by Gasteiger charge is 2.19. The fraction of sp³-hybridized carbons (Fsp3) is 0.600. The second-order valence-corrected chi connectivity index (χ2v) is 4.92. The third kappa shape index (κ3) is 4.57. The van der Waals surface area contributed by atoms with E-state index in [0.717, 1.165) is 17.7 Å². The van der Waals surface area contributed by atoms with Gasteiger partial charge in [0, 0.05) is 30.8 Å². The maximum Gasteiger partial charge on any atom is 0.205 e. The molecule has 110 valence electrons. The summed E-state index contributed by atoms with van der Waals surface area (Å²) in [5, 5.41) is 26.7. The van der Waals surface area contributed by atoms with Crippen LogP contribution in [-0.4, -0.2) is 53.2 Å². The molecule has 1 aliphatic carbocycles. The van der Waals surface area contributed by atoms with E-state index in [9.17, 15) is 0 Å². The summed E-state index contributed by atoms with van der Waals surface area (Å²) < 4.78 is 0. The molecular weight excluding hydrogens is 254 g/mol. The Bertz CT molecular complexity index is 429. The van der Waals surface area contributed by atoms with Gasteiger partial charge in [-0.1, -0.05) is 25.2 Å². The number of rotatable bonds is 7. The zero-order chi connectivity index (χ0) is 15.0. The van der Waals surface area contributed by atoms with Crippen molar-refractivity contribution >= 4 is 5.71 Å². The number of aliphatic hydroxyl groups is 2. The molecule has 0 amide bonds. The molecule has 0 bridgehead atoms. The van der Waals surface area contributed by atoms with Crippen LogP contribution in [0.1, 0.15) is 20.3 Å². The predicted octanol–water partition coefficient (Wildman–Crippen LogP) is 1.11. The van der Waals surface area contributed by atoms with Gasteiger partial charge >= 0.3 is 0 Å². The van der Waals surface area contributed by atoms with Gasteiger partial charge in [0.15, 0.2) is 0 Å². The average molecular weight is 277 g/mol. The van der Waals surface area contributed by atoms with Crippen LogP contribution in [0.15, 0.2) is 28.8 Å². The molecule has 5 nitrogen and oxygen atoms in total. The minimum atomic E-state index is 0.0885. The maximum absolute atomic E-state index is 9.06. The first kappa shape index (κ1) is 16.6. The fourth-order valence-electron chi connectivity index (χ4n) is 2.33. The first-order valence-electron chi connectivity index (χ1n) is 6.91. The van der Waals surface area contributed by atoms with Crippen LogP contribution in [0.2, 0.25) is 0 Å². The van der Waals surface area contributed by atoms with Crippen molar-refractivity contribution in [3.05, 3.63) is 23.8 Å². The van der Waals surface area contributed by atoms with Crippen LogP contribution < -0.4 is 0 Å². The lowest BCUT2D eigenvalue weighted by molar-refractivity contribution is 0.139. The van der Waals surface area contributed by atoms with Crippen molar-refractivity contribution in [3.63, 3.8) is 0 Å². The molecule has 0 fully saturated rings. The molecule has 1 aliphatic rings. The Balaban J connectivity index is 2.67. The molecule has 0 aromatic rings. The summed E-state index contributed by atoms with van der Waals surface area (Å²) in [6.45, 7) is 5.19. The van der Waals surface area contributed by atoms with Gasteiger partial charge < -0.3 is 10.2 Å². The Labute approximate surface area is 120 Å². The van der Waals surface area contributed by atoms with E-state index < -0.39 is 0 Å². The zero-order valence-corrected chi connectivity index (χ0v) is 12.2. The minimum Gasteiger partial charge on any atom is -0.395 e. The summed E-state index contributed by atoms with van der Waals surface area (Å²) in [6.07, 6.45) is 8.96. The normalized spacial score (nSPS) is 20.7. The van der Waals surface area contributed by atoms with Crippen LogP contribution in [-0.2, 0) is 0 Å². The van der Waals surface area contributed by atoms with Gasteiger partial charge in [-0.2, -0.15) is 10.3 Å². The molecule has 0 aliphatic heterocycles. The lowest BCUT2D eigenvalue weighted by atomic mass is 9.90. The maximum atomic E-state index is 9.06. The molecule has 0 saturated heterocycles. The SMILES string of the molecule is CC(=NC#N)C(C)C1=CCC(N(CCO)CCO)C=C1. The molecule has 0 spiro atoms. The van der Waals surface area contributed by atoms with E-state index in [4.69, 9.17) is 15.5 Å². The molecule has 0 saturated carbocycles. The Morgan fingerprint density at radius 2 is 2.15 bits per heavy atom. The Kier molecular flexibility index (Phi) is 7.16. The van der Waals surface area contributed by atoms with Crippen LogP contribution >= 0.6 is 0 Å². The summed E-state index contributed by atoms with van der Waals surface area (Å²) in [5.41, 5.74) is 1.97. The predicted molar refractivity (Wildman–Crippen MR) is 79.3 cm³/mol. The van der Waals surface area contributed by atoms with Crippen molar-refractivity contribution in [2.24, 2.45) is 10.9 Å². The average Bonchev–Trinajstić information content (AvgIpc) is 2.47. The largest absolute Gasteiger partial charge is 0.395 e. The van der Waals surface area contributed by atoms with E-state index in [-0.39, 0.29) is 25.2 Å². The Morgan fingerprint density at radius 3 is 2.60 bits per heavy atom. The van der Waals surface area contributed by atoms with Crippen molar-refractivity contribution in [1.29, 1.82) is 5.26 Å². The van der Waals surface area contributed by atoms with Crippen LogP contribution in [0.5, 0.6) is 0 Å². The third-order valence-corrected chi connectivity index (χ3v) is 3.70. The minimum absolute atomic E-state index is 0.0885. The molecule has 0 aromatic heterocycles. The molecule has 2 atom stereocenters. The first-order valence-corrected chi connectivity index (χ1v) is 6.91. The van der Waals surface area contributed by atoms with Crippen molar-refractivity contribution in [1.82, 2.24) is 4.90 Å². The van der Waals surface area contributed by atoms with Gasteiger partial charge in [-0.15, -0.1) is 0 Å². The lowest BCUT2D eigenvalue weighted by Gasteiger charge is -2.30. The van der Waals surface area contributed by atoms with Crippen molar-refractivity contribution in [2.75, 3.05) is 26.3 Å². The molecule has 0 heterocycles. The van der Waals surface area contributed by atoms with Gasteiger partial charge in [-0.25, -0.2) is 0 Å². The smallest absolute Gasteiger partial charge is 0.205 e. The summed E-state index contributed by atoms with van der Waals surface area (Å²) >= 11 is 0. The van der Waals surface area contributed by atoms with Gasteiger partial charge in [0.2, 0.25) is 6.19 Å². The van der Waals surface area contributed by atoms with Crippen molar-refractivity contribution in [3.8, 4) is 6.19 Å². The Hall–Kier alpha value is -1.48. The van der Waals surface area contributed by atoms with Gasteiger partial charge in [-0.05, 0) is 18.9 Å². The standard InChI is InChI=1S/C15H23N3O2/c1-12(13(2)17-11-16)14-3-5-15(6-4-14)18(7-9-19)8-10-20/h3-5,12,15,19-20H,6-10H2,1-2H3. The number of aliphatic hydroxyl groups excluding tert-OH is 2. The van der Waals surface area contributed by atoms with Crippen LogP contribution in [0.25, 0.3) is 0 Å². The summed E-state index contributed by atoms with van der Waals surface area (Å²) in [6, 6.07) is 0.207. The van der Waals surface area contributed by atoms with Crippen molar-refractivity contribution < 1.29 is 10.2 Å². The van der Waals surface area contributed by atoms with E-state index in [0.29, 0.717) is 13.1 Å². The number of hydrogen-bond acceptors (Lipinski definition) is 5. The molecule has 5 heteroatoms. The molecule has 1 rings (SSSR count). The number of aliphatic imine (C=N–C) groups is 1. The summed E-state index contributed by atoms with van der Waals surface area (Å²) in [4.78, 5) is 5.84. The van der Waals surface area contributed by atoms with Gasteiger partial charge in [0.05, 0.1) is 13.2 Å². The summed E-state index contributed by atoms with van der Waals surface area (Å²) in [7, 11) is 0. The van der Waals surface area contributed by atoms with Gasteiger partial charge in [0.1, 0.15) is 0 Å². The van der Waals surface area contributed by atoms with E-state index >= 15 is 0 Å². The molecule has 0 radical (unpaired) electrons. The Morgan fingerprint density at radius 1 is 1.50 bits per heavy atom. The van der Waals surface area contributed by atoms with E-state index in [1.54, 1.807) is 0 Å². The van der Waals surface area contributed by atoms with Crippen LogP contribution in [0.4, 0.5) is 0 Å². The molecule has 20 heavy (non-hydrogen) atoms. The highest BCUT2D eigenvalue weighted by atomic mass is 16.3. The monoisotopic (exact) mass is 277 g/mol. The third-order valence-electron chi connectivity index (χ3n) is 3.70. The van der Waals surface area contributed by atoms with Crippen LogP contribution in [0.3, 0.4) is 0 Å². The van der Waals surface area contributed by atoms with E-state index in [1.807, 2.05) is 20.0 Å². The number of hydrogen-bond donors (Lipinski definition) is 2. The van der Waals surface area contributed by atoms with Gasteiger partial charge in [-0.3, -0.25) is 4.90 Å². The van der Waals surface area contributed by atoms with Crippen LogP contribution in [0, 0.1) is 17.4 Å².